The van der Waals surface area contributed by atoms with E-state index in [1.54, 1.807) is 0 Å². The molecule has 0 aromatic rings. The van der Waals surface area contributed by atoms with Crippen molar-refractivity contribution >= 4 is 18.0 Å². The fraction of sp³-hybridized carbons (Fsp3) is 0.727. The van der Waals surface area contributed by atoms with Crippen LogP contribution in [-0.2, 0) is 9.59 Å². The second-order valence-electron chi connectivity index (χ2n) is 4.71. The summed E-state index contributed by atoms with van der Waals surface area (Å²) < 4.78 is 0. The summed E-state index contributed by atoms with van der Waals surface area (Å²) in [6.07, 6.45) is 1.36. The van der Waals surface area contributed by atoms with Gasteiger partial charge in [-0.15, -0.1) is 0 Å². The molecule has 1 rings (SSSR count). The van der Waals surface area contributed by atoms with Crippen LogP contribution in [0.3, 0.4) is 0 Å². The highest BCUT2D eigenvalue weighted by molar-refractivity contribution is 5.83. The minimum absolute atomic E-state index is 0.0916. The van der Waals surface area contributed by atoms with E-state index in [0.717, 1.165) is 12.8 Å². The van der Waals surface area contributed by atoms with Crippen LogP contribution >= 0.6 is 0 Å². The van der Waals surface area contributed by atoms with Crippen molar-refractivity contribution in [2.24, 2.45) is 5.92 Å². The number of hydrogen-bond acceptors (Lipinski definition) is 3. The van der Waals surface area contributed by atoms with Gasteiger partial charge in [0, 0.05) is 12.5 Å². The van der Waals surface area contributed by atoms with Gasteiger partial charge in [0.1, 0.15) is 6.04 Å². The third kappa shape index (κ3) is 4.60. The predicted molar refractivity (Wildman–Crippen MR) is 62.1 cm³/mol. The Labute approximate surface area is 105 Å². The zero-order valence-electron chi connectivity index (χ0n) is 10.2. The molecular weight excluding hydrogens is 240 g/mol. The molecule has 1 atom stereocenters. The lowest BCUT2D eigenvalue weighted by molar-refractivity contribution is -0.140. The summed E-state index contributed by atoms with van der Waals surface area (Å²) in [5.41, 5.74) is 0. The summed E-state index contributed by atoms with van der Waals surface area (Å²) in [4.78, 5) is 32.7. The number of carboxylic acids is 2. The first kappa shape index (κ1) is 14.3. The van der Waals surface area contributed by atoms with E-state index >= 15 is 0 Å². The molecule has 0 aliphatic heterocycles. The number of amides is 2. The highest BCUT2D eigenvalue weighted by Gasteiger charge is 2.28. The minimum Gasteiger partial charge on any atom is -0.481 e. The van der Waals surface area contributed by atoms with Crippen molar-refractivity contribution in [1.29, 1.82) is 0 Å². The van der Waals surface area contributed by atoms with Crippen molar-refractivity contribution in [2.45, 2.75) is 44.7 Å². The zero-order chi connectivity index (χ0) is 13.7. The molecule has 0 spiro atoms. The number of urea groups is 1. The molecule has 1 aliphatic carbocycles. The van der Waals surface area contributed by atoms with Gasteiger partial charge in [0.15, 0.2) is 0 Å². The van der Waals surface area contributed by atoms with E-state index in [0.29, 0.717) is 5.92 Å². The maximum absolute atomic E-state index is 11.5. The number of hydrogen-bond donors (Lipinski definition) is 4. The number of rotatable bonds is 6. The number of aliphatic carboxylic acids is 2. The van der Waals surface area contributed by atoms with E-state index in [9.17, 15) is 14.4 Å². The smallest absolute Gasteiger partial charge is 0.326 e. The Bertz CT molecular complexity index is 338. The van der Waals surface area contributed by atoms with E-state index in [4.69, 9.17) is 10.2 Å². The summed E-state index contributed by atoms with van der Waals surface area (Å²) in [5, 5.41) is 22.3. The molecule has 1 saturated carbocycles. The van der Waals surface area contributed by atoms with E-state index in [2.05, 4.69) is 17.6 Å². The van der Waals surface area contributed by atoms with Crippen molar-refractivity contribution in [3.63, 3.8) is 0 Å². The molecule has 2 amide bonds. The number of nitrogens with one attached hydrogen (secondary N) is 2. The quantitative estimate of drug-likeness (QED) is 0.550. The molecule has 102 valence electrons. The highest BCUT2D eigenvalue weighted by Crippen LogP contribution is 2.25. The Balaban J connectivity index is 2.33. The van der Waals surface area contributed by atoms with Crippen LogP contribution in [0.2, 0.25) is 0 Å². The summed E-state index contributed by atoms with van der Waals surface area (Å²) in [6, 6.07) is -1.63. The SMILES string of the molecule is CC1CC(NC(=O)NC(CCC(=O)O)C(=O)O)C1. The van der Waals surface area contributed by atoms with Gasteiger partial charge in [-0.25, -0.2) is 9.59 Å². The molecule has 0 aromatic heterocycles. The van der Waals surface area contributed by atoms with Gasteiger partial charge in [0.2, 0.25) is 0 Å². The van der Waals surface area contributed by atoms with Crippen molar-refractivity contribution in [1.82, 2.24) is 10.6 Å². The average molecular weight is 258 g/mol. The van der Waals surface area contributed by atoms with Gasteiger partial charge >= 0.3 is 18.0 Å². The third-order valence-electron chi connectivity index (χ3n) is 2.96. The molecule has 18 heavy (non-hydrogen) atoms. The first-order chi connectivity index (χ1) is 8.38. The van der Waals surface area contributed by atoms with E-state index in [1.165, 1.54) is 0 Å². The van der Waals surface area contributed by atoms with Gasteiger partial charge in [-0.3, -0.25) is 4.79 Å². The molecule has 0 saturated heterocycles. The fourth-order valence-corrected chi connectivity index (χ4v) is 1.93. The maximum Gasteiger partial charge on any atom is 0.326 e. The molecule has 1 fully saturated rings. The monoisotopic (exact) mass is 258 g/mol. The minimum atomic E-state index is -1.23. The molecule has 1 aliphatic rings. The first-order valence-electron chi connectivity index (χ1n) is 5.90. The van der Waals surface area contributed by atoms with Crippen LogP contribution < -0.4 is 10.6 Å². The Morgan fingerprint density at radius 1 is 1.28 bits per heavy atom. The average Bonchev–Trinajstić information content (AvgIpc) is 2.21. The van der Waals surface area contributed by atoms with Crippen LogP contribution in [0.1, 0.15) is 32.6 Å². The van der Waals surface area contributed by atoms with Crippen molar-refractivity contribution < 1.29 is 24.6 Å². The topological polar surface area (TPSA) is 116 Å². The molecule has 7 heteroatoms. The Kier molecular flexibility index (Phi) is 4.94. The van der Waals surface area contributed by atoms with E-state index < -0.39 is 24.0 Å². The van der Waals surface area contributed by atoms with Crippen molar-refractivity contribution in [3.8, 4) is 0 Å². The Morgan fingerprint density at radius 3 is 2.33 bits per heavy atom. The predicted octanol–water partition coefficient (Wildman–Crippen LogP) is 0.402. The highest BCUT2D eigenvalue weighted by atomic mass is 16.4. The molecule has 0 aromatic carbocycles. The number of carbonyl (C=O) groups is 3. The molecular formula is C11H18N2O5. The summed E-state index contributed by atoms with van der Waals surface area (Å²) >= 11 is 0. The van der Waals surface area contributed by atoms with Crippen LogP contribution in [0.15, 0.2) is 0 Å². The van der Waals surface area contributed by atoms with Crippen LogP contribution in [0.5, 0.6) is 0 Å². The molecule has 7 nitrogen and oxygen atoms in total. The molecule has 1 unspecified atom stereocenters. The zero-order valence-corrected chi connectivity index (χ0v) is 10.2. The van der Waals surface area contributed by atoms with E-state index in [-0.39, 0.29) is 18.9 Å². The van der Waals surface area contributed by atoms with Crippen LogP contribution in [0.25, 0.3) is 0 Å². The lowest BCUT2D eigenvalue weighted by Crippen LogP contribution is -2.52. The van der Waals surface area contributed by atoms with Gasteiger partial charge in [-0.05, 0) is 25.2 Å². The second-order valence-corrected chi connectivity index (χ2v) is 4.71. The maximum atomic E-state index is 11.5. The fourth-order valence-electron chi connectivity index (χ4n) is 1.93. The summed E-state index contributed by atoms with van der Waals surface area (Å²) in [7, 11) is 0. The van der Waals surface area contributed by atoms with Gasteiger partial charge in [0.05, 0.1) is 0 Å². The normalized spacial score (nSPS) is 23.6. The molecule has 0 radical (unpaired) electrons. The second kappa shape index (κ2) is 6.23. The summed E-state index contributed by atoms with van der Waals surface area (Å²) in [5.74, 6) is -1.73. The standard InChI is InChI=1S/C11H18N2O5/c1-6-4-7(5-6)12-11(18)13-8(10(16)17)2-3-9(14)15/h6-8H,2-5H2,1H3,(H,14,15)(H,16,17)(H2,12,13,18). The third-order valence-corrected chi connectivity index (χ3v) is 2.96. The number of carbonyl (C=O) groups excluding carboxylic acids is 1. The molecule has 0 heterocycles. The van der Waals surface area contributed by atoms with Crippen LogP contribution in [-0.4, -0.2) is 40.3 Å². The van der Waals surface area contributed by atoms with Gasteiger partial charge in [-0.2, -0.15) is 0 Å². The molecule has 0 bridgehead atoms. The van der Waals surface area contributed by atoms with Crippen LogP contribution in [0.4, 0.5) is 4.79 Å². The lowest BCUT2D eigenvalue weighted by atomic mass is 9.82. The first-order valence-corrected chi connectivity index (χ1v) is 5.90. The number of carboxylic acid groups (broad SMARTS) is 2. The van der Waals surface area contributed by atoms with Crippen molar-refractivity contribution in [2.75, 3.05) is 0 Å². The lowest BCUT2D eigenvalue weighted by Gasteiger charge is -2.33. The van der Waals surface area contributed by atoms with E-state index in [1.807, 2.05) is 0 Å². The Morgan fingerprint density at radius 2 is 1.89 bits per heavy atom. The molecule has 4 N–H and O–H groups in total. The Hall–Kier alpha value is -1.79. The largest absolute Gasteiger partial charge is 0.481 e. The van der Waals surface area contributed by atoms with Gasteiger partial charge in [0.25, 0.3) is 0 Å². The van der Waals surface area contributed by atoms with Crippen molar-refractivity contribution in [3.05, 3.63) is 0 Å². The summed E-state index contributed by atoms with van der Waals surface area (Å²) in [6.45, 7) is 2.07. The van der Waals surface area contributed by atoms with Gasteiger partial charge in [-0.1, -0.05) is 6.92 Å². The van der Waals surface area contributed by atoms with Gasteiger partial charge < -0.3 is 20.8 Å². The van der Waals surface area contributed by atoms with Crippen LogP contribution in [0, 0.1) is 5.92 Å².